The van der Waals surface area contributed by atoms with E-state index in [0.717, 1.165) is 26.3 Å². The molecular weight excluding hydrogens is 320 g/mol. The van der Waals surface area contributed by atoms with Crippen LogP contribution in [0.5, 0.6) is 5.75 Å². The molecule has 1 unspecified atom stereocenters. The number of carbonyl (C=O) groups is 1. The van der Waals surface area contributed by atoms with E-state index in [-0.39, 0.29) is 11.2 Å². The molecule has 0 fully saturated rings. The number of ether oxygens (including phenoxy) is 1. The Morgan fingerprint density at radius 2 is 1.83 bits per heavy atom. The number of carbonyl (C=O) groups excluding carboxylic acids is 1. The van der Waals surface area contributed by atoms with Crippen molar-refractivity contribution < 1.29 is 14.6 Å². The Labute approximate surface area is 148 Å². The predicted molar refractivity (Wildman–Crippen MR) is 101 cm³/mol. The third-order valence-electron chi connectivity index (χ3n) is 4.27. The number of methoxy groups -OCH3 is 1. The average molecular weight is 349 g/mol. The van der Waals surface area contributed by atoms with Gasteiger partial charge in [-0.15, -0.1) is 11.3 Å². The zero-order valence-corrected chi connectivity index (χ0v) is 16.5. The Bertz CT molecular complexity index is 745. The van der Waals surface area contributed by atoms with Gasteiger partial charge in [0.1, 0.15) is 11.5 Å². The molecule has 0 saturated carbocycles. The summed E-state index contributed by atoms with van der Waals surface area (Å²) in [7, 11) is 1.64. The van der Waals surface area contributed by atoms with E-state index in [2.05, 4.69) is 0 Å². The maximum atomic E-state index is 12.6. The SMILES string of the molecule is COc1ccc2sc(C(O)C(C)(C)C)c(CC(=O)C(C)(C)C)c2c1. The van der Waals surface area contributed by atoms with Gasteiger partial charge < -0.3 is 9.84 Å². The van der Waals surface area contributed by atoms with Crippen molar-refractivity contribution in [1.82, 2.24) is 0 Å². The summed E-state index contributed by atoms with van der Waals surface area (Å²) in [6.07, 6.45) is -0.275. The Hall–Kier alpha value is -1.39. The minimum atomic E-state index is -0.608. The van der Waals surface area contributed by atoms with Crippen LogP contribution in [0.4, 0.5) is 0 Å². The number of Topliss-reactive ketones (excluding diaryl/α,β-unsaturated/α-hetero) is 1. The van der Waals surface area contributed by atoms with Crippen molar-refractivity contribution in [2.75, 3.05) is 7.11 Å². The summed E-state index contributed by atoms with van der Waals surface area (Å²) in [5.41, 5.74) is 0.248. The summed E-state index contributed by atoms with van der Waals surface area (Å²) in [6, 6.07) is 5.89. The standard InChI is InChI=1S/C20H28O3S/c1-19(2,3)16(21)11-14-13-10-12(23-7)8-9-15(13)24-17(14)18(22)20(4,5)6/h8-10,18,22H,11H2,1-7H3. The molecule has 0 spiro atoms. The highest BCUT2D eigenvalue weighted by molar-refractivity contribution is 7.19. The first kappa shape index (κ1) is 18.9. The number of aliphatic hydroxyl groups excluding tert-OH is 1. The molecule has 0 aliphatic heterocycles. The first-order valence-corrected chi connectivity index (χ1v) is 9.07. The quantitative estimate of drug-likeness (QED) is 0.831. The van der Waals surface area contributed by atoms with E-state index < -0.39 is 11.5 Å². The van der Waals surface area contributed by atoms with Crippen LogP contribution in [-0.4, -0.2) is 18.0 Å². The molecule has 0 aliphatic rings. The van der Waals surface area contributed by atoms with E-state index in [1.807, 2.05) is 59.7 Å². The second-order valence-corrected chi connectivity index (χ2v) is 9.51. The van der Waals surface area contributed by atoms with Crippen molar-refractivity contribution in [2.45, 2.75) is 54.1 Å². The maximum absolute atomic E-state index is 12.6. The van der Waals surface area contributed by atoms with Crippen LogP contribution in [0.25, 0.3) is 10.1 Å². The van der Waals surface area contributed by atoms with E-state index >= 15 is 0 Å². The van der Waals surface area contributed by atoms with Crippen LogP contribution >= 0.6 is 11.3 Å². The van der Waals surface area contributed by atoms with Crippen LogP contribution < -0.4 is 4.74 Å². The van der Waals surface area contributed by atoms with Crippen LogP contribution in [0, 0.1) is 10.8 Å². The van der Waals surface area contributed by atoms with Crippen LogP contribution in [0.15, 0.2) is 18.2 Å². The number of thiophene rings is 1. The maximum Gasteiger partial charge on any atom is 0.142 e. The molecule has 4 heteroatoms. The molecule has 2 aromatic rings. The number of hydrogen-bond donors (Lipinski definition) is 1. The Morgan fingerprint density at radius 1 is 1.21 bits per heavy atom. The summed E-state index contributed by atoms with van der Waals surface area (Å²) < 4.78 is 6.42. The lowest BCUT2D eigenvalue weighted by molar-refractivity contribution is -0.125. The van der Waals surface area contributed by atoms with Gasteiger partial charge in [-0.25, -0.2) is 0 Å². The average Bonchev–Trinajstić information content (AvgIpc) is 2.82. The highest BCUT2D eigenvalue weighted by atomic mass is 32.1. The van der Waals surface area contributed by atoms with Gasteiger partial charge in [-0.2, -0.15) is 0 Å². The number of aliphatic hydroxyl groups is 1. The third kappa shape index (κ3) is 3.81. The smallest absolute Gasteiger partial charge is 0.142 e. The molecule has 132 valence electrons. The van der Waals surface area contributed by atoms with Crippen LogP contribution in [0.3, 0.4) is 0 Å². The third-order valence-corrected chi connectivity index (χ3v) is 5.54. The fourth-order valence-electron chi connectivity index (χ4n) is 2.50. The number of hydrogen-bond acceptors (Lipinski definition) is 4. The molecule has 1 atom stereocenters. The van der Waals surface area contributed by atoms with Gasteiger partial charge in [0, 0.05) is 26.8 Å². The van der Waals surface area contributed by atoms with Gasteiger partial charge in [0.25, 0.3) is 0 Å². The molecule has 24 heavy (non-hydrogen) atoms. The van der Waals surface area contributed by atoms with E-state index in [1.54, 1.807) is 18.4 Å². The van der Waals surface area contributed by atoms with Crippen LogP contribution in [-0.2, 0) is 11.2 Å². The number of benzene rings is 1. The highest BCUT2D eigenvalue weighted by Crippen LogP contribution is 2.43. The Balaban J connectivity index is 2.64. The van der Waals surface area contributed by atoms with Crippen molar-refractivity contribution in [3.63, 3.8) is 0 Å². The molecule has 0 radical (unpaired) electrons. The number of ketones is 1. The van der Waals surface area contributed by atoms with Gasteiger partial charge in [-0.3, -0.25) is 4.79 Å². The highest BCUT2D eigenvalue weighted by Gasteiger charge is 2.31. The van der Waals surface area contributed by atoms with Crippen molar-refractivity contribution in [3.05, 3.63) is 28.6 Å². The van der Waals surface area contributed by atoms with Crippen LogP contribution in [0.1, 0.15) is 58.1 Å². The molecule has 1 aromatic heterocycles. The van der Waals surface area contributed by atoms with Crippen molar-refractivity contribution >= 4 is 27.2 Å². The molecule has 0 saturated heterocycles. The van der Waals surface area contributed by atoms with Crippen LogP contribution in [0.2, 0.25) is 0 Å². The molecule has 0 aliphatic carbocycles. The molecule has 1 heterocycles. The zero-order chi connectivity index (χ0) is 18.3. The zero-order valence-electron chi connectivity index (χ0n) is 15.7. The molecule has 1 aromatic carbocycles. The van der Waals surface area contributed by atoms with Gasteiger partial charge in [-0.05, 0) is 29.2 Å². The Kier molecular flexibility index (Phi) is 5.12. The lowest BCUT2D eigenvalue weighted by Gasteiger charge is -2.26. The van der Waals surface area contributed by atoms with Gasteiger partial charge in [0.15, 0.2) is 0 Å². The fraction of sp³-hybridized carbons (Fsp3) is 0.550. The van der Waals surface area contributed by atoms with E-state index in [1.165, 1.54) is 0 Å². The first-order chi connectivity index (χ1) is 10.9. The summed E-state index contributed by atoms with van der Waals surface area (Å²) in [6.45, 7) is 11.8. The molecular formula is C20H28O3S. The normalized spacial score (nSPS) is 14.0. The van der Waals surface area contributed by atoms with Gasteiger partial charge in [0.05, 0.1) is 13.2 Å². The van der Waals surface area contributed by atoms with Crippen molar-refractivity contribution in [2.24, 2.45) is 10.8 Å². The summed E-state index contributed by atoms with van der Waals surface area (Å²) >= 11 is 1.57. The summed E-state index contributed by atoms with van der Waals surface area (Å²) in [5, 5.41) is 11.9. The summed E-state index contributed by atoms with van der Waals surface area (Å²) in [4.78, 5) is 13.5. The lowest BCUT2D eigenvalue weighted by atomic mass is 9.83. The van der Waals surface area contributed by atoms with E-state index in [4.69, 9.17) is 4.74 Å². The Morgan fingerprint density at radius 3 is 2.33 bits per heavy atom. The largest absolute Gasteiger partial charge is 0.497 e. The number of fused-ring (bicyclic) bond motifs is 1. The topological polar surface area (TPSA) is 46.5 Å². The van der Waals surface area contributed by atoms with E-state index in [9.17, 15) is 9.90 Å². The van der Waals surface area contributed by atoms with Gasteiger partial charge in [-0.1, -0.05) is 41.5 Å². The molecule has 2 rings (SSSR count). The van der Waals surface area contributed by atoms with Gasteiger partial charge in [0.2, 0.25) is 0 Å². The molecule has 0 bridgehead atoms. The van der Waals surface area contributed by atoms with Crippen molar-refractivity contribution in [3.8, 4) is 5.75 Å². The number of rotatable bonds is 4. The lowest BCUT2D eigenvalue weighted by Crippen LogP contribution is -2.24. The monoisotopic (exact) mass is 348 g/mol. The predicted octanol–water partition coefficient (Wildman–Crippen LogP) is 5.15. The minimum absolute atomic E-state index is 0.173. The molecule has 0 amide bonds. The second kappa shape index (κ2) is 6.49. The minimum Gasteiger partial charge on any atom is -0.497 e. The second-order valence-electron chi connectivity index (χ2n) is 8.43. The summed E-state index contributed by atoms with van der Waals surface area (Å²) in [5.74, 6) is 0.939. The molecule has 1 N–H and O–H groups in total. The fourth-order valence-corrected chi connectivity index (χ4v) is 3.93. The van der Waals surface area contributed by atoms with E-state index in [0.29, 0.717) is 6.42 Å². The molecule has 3 nitrogen and oxygen atoms in total. The van der Waals surface area contributed by atoms with Crippen molar-refractivity contribution in [1.29, 1.82) is 0 Å². The first-order valence-electron chi connectivity index (χ1n) is 8.26. The van der Waals surface area contributed by atoms with Gasteiger partial charge >= 0.3 is 0 Å².